The molecule has 0 bridgehead atoms. The molecule has 1 N–H and O–H groups in total. The molecule has 2 aliphatic heterocycles. The first-order valence-corrected chi connectivity index (χ1v) is 11.3. The molecule has 1 atom stereocenters. The molecule has 6 heteroatoms. The number of phenolic OH excluding ortho intramolecular Hbond substituents is 1. The summed E-state index contributed by atoms with van der Waals surface area (Å²) in [6.45, 7) is 5.14. The van der Waals surface area contributed by atoms with E-state index in [0.717, 1.165) is 56.7 Å². The number of phenols is 1. The normalized spacial score (nSPS) is 18.2. The molecule has 2 aromatic carbocycles. The second-order valence-electron chi connectivity index (χ2n) is 8.69. The van der Waals surface area contributed by atoms with Gasteiger partial charge in [0, 0.05) is 42.5 Å². The Labute approximate surface area is 188 Å². The lowest BCUT2D eigenvalue weighted by molar-refractivity contribution is 0.455. The second kappa shape index (κ2) is 8.51. The van der Waals surface area contributed by atoms with Gasteiger partial charge in [-0.05, 0) is 68.5 Å². The highest BCUT2D eigenvalue weighted by Gasteiger charge is 2.31. The maximum atomic E-state index is 10.5. The van der Waals surface area contributed by atoms with Gasteiger partial charge in [0.2, 0.25) is 0 Å². The lowest BCUT2D eigenvalue weighted by Crippen LogP contribution is -2.50. The Balaban J connectivity index is 1.46. The number of benzene rings is 2. The van der Waals surface area contributed by atoms with Gasteiger partial charge in [0.05, 0.1) is 17.3 Å². The van der Waals surface area contributed by atoms with Crippen molar-refractivity contribution in [1.82, 2.24) is 10.2 Å². The zero-order valence-corrected chi connectivity index (χ0v) is 18.3. The standard InChI is InChI=1S/C26H27N5O/c1-18-22-10-6-14-31(21-9-5-13-30(17-21)20-7-3-2-4-8-20)26(22)29-28-25(18)23-12-11-19(16-27)15-24(23)32/h2-4,7-8,11-12,15,21,32H,5-6,9-10,13-14,17H2,1H3. The van der Waals surface area contributed by atoms with Gasteiger partial charge in [0.15, 0.2) is 5.82 Å². The van der Waals surface area contributed by atoms with Crippen LogP contribution in [0.4, 0.5) is 11.5 Å². The van der Waals surface area contributed by atoms with Crippen LogP contribution in [0.15, 0.2) is 48.5 Å². The number of hydrogen-bond acceptors (Lipinski definition) is 6. The maximum absolute atomic E-state index is 10.5. The van der Waals surface area contributed by atoms with Crippen LogP contribution in [0, 0.1) is 18.3 Å². The minimum Gasteiger partial charge on any atom is -0.507 e. The summed E-state index contributed by atoms with van der Waals surface area (Å²) in [5, 5.41) is 28.8. The van der Waals surface area contributed by atoms with Crippen LogP contribution in [0.5, 0.6) is 5.75 Å². The molecule has 3 aromatic rings. The van der Waals surface area contributed by atoms with E-state index < -0.39 is 0 Å². The molecule has 5 rings (SSSR count). The summed E-state index contributed by atoms with van der Waals surface area (Å²) in [5.41, 5.74) is 5.32. The van der Waals surface area contributed by atoms with Gasteiger partial charge in [-0.3, -0.25) is 0 Å². The summed E-state index contributed by atoms with van der Waals surface area (Å²) in [5.74, 6) is 1.06. The number of nitrogens with zero attached hydrogens (tertiary/aromatic N) is 5. The number of piperidine rings is 1. The molecule has 2 aliphatic rings. The third-order valence-electron chi connectivity index (χ3n) is 6.76. The van der Waals surface area contributed by atoms with E-state index >= 15 is 0 Å². The molecule has 0 aliphatic carbocycles. The van der Waals surface area contributed by atoms with Crippen molar-refractivity contribution < 1.29 is 5.11 Å². The van der Waals surface area contributed by atoms with Gasteiger partial charge in [0.1, 0.15) is 5.75 Å². The summed E-state index contributed by atoms with van der Waals surface area (Å²) >= 11 is 0. The number of nitriles is 1. The molecular formula is C26H27N5O. The number of anilines is 2. The second-order valence-corrected chi connectivity index (χ2v) is 8.69. The van der Waals surface area contributed by atoms with E-state index in [1.165, 1.54) is 17.3 Å². The topological polar surface area (TPSA) is 76.3 Å². The number of aromatic nitrogens is 2. The Morgan fingerprint density at radius 2 is 1.91 bits per heavy atom. The molecule has 1 unspecified atom stereocenters. The molecule has 1 saturated heterocycles. The van der Waals surface area contributed by atoms with Crippen molar-refractivity contribution in [3.05, 3.63) is 65.2 Å². The first kappa shape index (κ1) is 20.3. The quantitative estimate of drug-likeness (QED) is 0.668. The molecule has 1 aromatic heterocycles. The lowest BCUT2D eigenvalue weighted by Gasteiger charge is -2.43. The number of hydrogen-bond donors (Lipinski definition) is 1. The van der Waals surface area contributed by atoms with Crippen LogP contribution in [-0.2, 0) is 6.42 Å². The largest absolute Gasteiger partial charge is 0.507 e. The minimum absolute atomic E-state index is 0.0693. The average Bonchev–Trinajstić information content (AvgIpc) is 2.85. The van der Waals surface area contributed by atoms with Gasteiger partial charge in [-0.1, -0.05) is 18.2 Å². The van der Waals surface area contributed by atoms with Gasteiger partial charge >= 0.3 is 0 Å². The third kappa shape index (κ3) is 3.64. The minimum atomic E-state index is 0.0693. The van der Waals surface area contributed by atoms with E-state index in [-0.39, 0.29) is 5.75 Å². The molecule has 0 amide bonds. The average molecular weight is 426 g/mol. The predicted molar refractivity (Wildman–Crippen MR) is 126 cm³/mol. The SMILES string of the molecule is Cc1c(-c2ccc(C#N)cc2O)nnc2c1CCCN2C1CCCN(c2ccccc2)C1. The number of para-hydroxylation sites is 1. The van der Waals surface area contributed by atoms with Crippen LogP contribution in [0.3, 0.4) is 0 Å². The fourth-order valence-corrected chi connectivity index (χ4v) is 5.10. The summed E-state index contributed by atoms with van der Waals surface area (Å²) in [6.07, 6.45) is 4.36. The molecule has 0 radical (unpaired) electrons. The number of rotatable bonds is 3. The maximum Gasteiger partial charge on any atom is 0.155 e. The first-order chi connectivity index (χ1) is 15.7. The number of fused-ring (bicyclic) bond motifs is 1. The van der Waals surface area contributed by atoms with Gasteiger partial charge in [0.25, 0.3) is 0 Å². The highest BCUT2D eigenvalue weighted by atomic mass is 16.3. The zero-order valence-electron chi connectivity index (χ0n) is 18.3. The summed E-state index contributed by atoms with van der Waals surface area (Å²) < 4.78 is 0. The van der Waals surface area contributed by atoms with Gasteiger partial charge in [-0.25, -0.2) is 0 Å². The van der Waals surface area contributed by atoms with Crippen LogP contribution < -0.4 is 9.80 Å². The summed E-state index contributed by atoms with van der Waals surface area (Å²) in [6, 6.07) is 18.1. The van der Waals surface area contributed by atoms with Gasteiger partial charge in [-0.15, -0.1) is 10.2 Å². The van der Waals surface area contributed by atoms with Crippen molar-refractivity contribution in [2.75, 3.05) is 29.4 Å². The smallest absolute Gasteiger partial charge is 0.155 e. The van der Waals surface area contributed by atoms with E-state index in [4.69, 9.17) is 5.26 Å². The molecule has 32 heavy (non-hydrogen) atoms. The Hall–Kier alpha value is -3.59. The Kier molecular flexibility index (Phi) is 5.40. The Bertz CT molecular complexity index is 1170. The third-order valence-corrected chi connectivity index (χ3v) is 6.76. The van der Waals surface area contributed by atoms with E-state index in [1.54, 1.807) is 12.1 Å². The highest BCUT2D eigenvalue weighted by Crippen LogP contribution is 2.37. The van der Waals surface area contributed by atoms with Crippen molar-refractivity contribution in [2.24, 2.45) is 0 Å². The van der Waals surface area contributed by atoms with Gasteiger partial charge in [-0.2, -0.15) is 5.26 Å². The monoisotopic (exact) mass is 425 g/mol. The van der Waals surface area contributed by atoms with Crippen molar-refractivity contribution in [3.8, 4) is 23.1 Å². The Morgan fingerprint density at radius 1 is 1.06 bits per heavy atom. The summed E-state index contributed by atoms with van der Waals surface area (Å²) in [4.78, 5) is 4.93. The van der Waals surface area contributed by atoms with Crippen LogP contribution in [-0.4, -0.2) is 41.0 Å². The van der Waals surface area contributed by atoms with E-state index in [2.05, 4.69) is 63.3 Å². The molecule has 162 valence electrons. The van der Waals surface area contributed by atoms with Gasteiger partial charge < -0.3 is 14.9 Å². The van der Waals surface area contributed by atoms with E-state index in [0.29, 0.717) is 22.9 Å². The molecule has 3 heterocycles. The predicted octanol–water partition coefficient (Wildman–Crippen LogP) is 4.45. The first-order valence-electron chi connectivity index (χ1n) is 11.3. The van der Waals surface area contributed by atoms with Crippen LogP contribution in [0.1, 0.15) is 36.0 Å². The van der Waals surface area contributed by atoms with Crippen molar-refractivity contribution in [3.63, 3.8) is 0 Å². The van der Waals surface area contributed by atoms with Crippen molar-refractivity contribution >= 4 is 11.5 Å². The van der Waals surface area contributed by atoms with Crippen molar-refractivity contribution in [2.45, 2.75) is 38.6 Å². The van der Waals surface area contributed by atoms with E-state index in [9.17, 15) is 5.11 Å². The van der Waals surface area contributed by atoms with E-state index in [1.807, 2.05) is 0 Å². The molecule has 1 fully saturated rings. The van der Waals surface area contributed by atoms with Crippen molar-refractivity contribution in [1.29, 1.82) is 5.26 Å². The fourth-order valence-electron chi connectivity index (χ4n) is 5.10. The highest BCUT2D eigenvalue weighted by molar-refractivity contribution is 5.73. The molecular weight excluding hydrogens is 398 g/mol. The van der Waals surface area contributed by atoms with Crippen LogP contribution in [0.2, 0.25) is 0 Å². The summed E-state index contributed by atoms with van der Waals surface area (Å²) in [7, 11) is 0. The van der Waals surface area contributed by atoms with Crippen LogP contribution >= 0.6 is 0 Å². The number of aromatic hydroxyl groups is 1. The lowest BCUT2D eigenvalue weighted by atomic mass is 9.94. The Morgan fingerprint density at radius 3 is 2.69 bits per heavy atom. The van der Waals surface area contributed by atoms with Crippen LogP contribution in [0.25, 0.3) is 11.3 Å². The molecule has 0 saturated carbocycles. The zero-order chi connectivity index (χ0) is 22.1. The fraction of sp³-hybridized carbons (Fsp3) is 0.346. The molecule has 0 spiro atoms. The molecule has 6 nitrogen and oxygen atoms in total.